The van der Waals surface area contributed by atoms with Crippen molar-refractivity contribution in [3.05, 3.63) is 235 Å². The Morgan fingerprint density at radius 1 is 0.302 bits per heavy atom. The van der Waals surface area contributed by atoms with E-state index in [9.17, 15) is 0 Å². The third-order valence-corrected chi connectivity index (χ3v) is 14.2. The Kier molecular flexibility index (Phi) is 8.30. The fourth-order valence-corrected chi connectivity index (χ4v) is 11.4. The highest BCUT2D eigenvalue weighted by atomic mass is 15.2. The molecule has 1 nitrogen and oxygen atoms in total. The van der Waals surface area contributed by atoms with E-state index in [4.69, 9.17) is 0 Å². The van der Waals surface area contributed by atoms with Gasteiger partial charge in [0.25, 0.3) is 0 Å². The zero-order valence-electron chi connectivity index (χ0n) is 36.2. The summed E-state index contributed by atoms with van der Waals surface area (Å²) in [5.74, 6) is 0. The van der Waals surface area contributed by atoms with Crippen molar-refractivity contribution in [3.8, 4) is 55.6 Å². The standard InChI is InChI=1S/C62H47N/c1-61(2)52-33-15-13-29-47(52)49-32-19-35-56(59(49)61)63(54-34-16-14-28-45(54)40-20-7-5-8-21-40)55-37-36-50(48-31-18-27-42-26-17-30-46(57(42)48)41-22-9-6-10-23-41)60-58(55)51-38-43-24-11-12-25-44(43)39-53(51)62(60,3)4/h5-39H,1-4H3. The minimum atomic E-state index is -0.331. The smallest absolute Gasteiger partial charge is 0.0544 e. The Bertz CT molecular complexity index is 3440. The second kappa shape index (κ2) is 14.0. The number of rotatable bonds is 6. The molecule has 2 aliphatic rings. The van der Waals surface area contributed by atoms with Crippen molar-refractivity contribution in [2.24, 2.45) is 0 Å². The summed E-state index contributed by atoms with van der Waals surface area (Å²) in [7, 11) is 0. The molecule has 0 spiro atoms. The van der Waals surface area contributed by atoms with Gasteiger partial charge in [0.15, 0.2) is 0 Å². The summed E-state index contributed by atoms with van der Waals surface area (Å²) in [4.78, 5) is 2.62. The first-order valence-corrected chi connectivity index (χ1v) is 22.3. The molecular formula is C62H47N. The van der Waals surface area contributed by atoms with Gasteiger partial charge in [0.2, 0.25) is 0 Å². The summed E-state index contributed by atoms with van der Waals surface area (Å²) >= 11 is 0. The van der Waals surface area contributed by atoms with Crippen LogP contribution in [0, 0.1) is 0 Å². The van der Waals surface area contributed by atoms with E-state index in [1.54, 1.807) is 0 Å². The largest absolute Gasteiger partial charge is 0.309 e. The van der Waals surface area contributed by atoms with Crippen molar-refractivity contribution in [1.29, 1.82) is 0 Å². The van der Waals surface area contributed by atoms with Gasteiger partial charge in [0.05, 0.1) is 17.1 Å². The SMILES string of the molecule is CC1(C)c2ccccc2-c2cccc(N(c3ccccc3-c3ccccc3)c3ccc(-c4cccc5cccc(-c6ccccc6)c45)c4c3-c3cc5ccccc5cc3C4(C)C)c21. The maximum absolute atomic E-state index is 2.62. The summed E-state index contributed by atoms with van der Waals surface area (Å²) in [5.41, 5.74) is 21.0. The van der Waals surface area contributed by atoms with E-state index in [1.165, 1.54) is 111 Å². The molecule has 12 rings (SSSR count). The molecule has 0 saturated carbocycles. The lowest BCUT2D eigenvalue weighted by Gasteiger charge is -2.35. The Labute approximate surface area is 370 Å². The lowest BCUT2D eigenvalue weighted by Crippen LogP contribution is -2.22. The number of hydrogen-bond donors (Lipinski definition) is 0. The molecule has 10 aromatic carbocycles. The highest BCUT2D eigenvalue weighted by molar-refractivity contribution is 6.10. The lowest BCUT2D eigenvalue weighted by molar-refractivity contribution is 0.660. The maximum Gasteiger partial charge on any atom is 0.0544 e. The van der Waals surface area contributed by atoms with Gasteiger partial charge in [-0.1, -0.05) is 210 Å². The number of hydrogen-bond acceptors (Lipinski definition) is 1. The van der Waals surface area contributed by atoms with Crippen molar-refractivity contribution in [2.75, 3.05) is 4.90 Å². The van der Waals surface area contributed by atoms with Crippen molar-refractivity contribution in [1.82, 2.24) is 0 Å². The average molecular weight is 806 g/mol. The second-order valence-electron chi connectivity index (χ2n) is 18.4. The van der Waals surface area contributed by atoms with Crippen molar-refractivity contribution >= 4 is 38.6 Å². The molecule has 2 aliphatic carbocycles. The predicted octanol–water partition coefficient (Wildman–Crippen LogP) is 17.1. The molecule has 0 amide bonds. The molecule has 0 atom stereocenters. The average Bonchev–Trinajstić information content (AvgIpc) is 3.71. The third-order valence-electron chi connectivity index (χ3n) is 14.2. The van der Waals surface area contributed by atoms with E-state index in [0.29, 0.717) is 0 Å². The third kappa shape index (κ3) is 5.56. The Hall–Kier alpha value is -7.48. The summed E-state index contributed by atoms with van der Waals surface area (Å²) < 4.78 is 0. The highest BCUT2D eigenvalue weighted by Crippen LogP contribution is 2.61. The molecule has 0 fully saturated rings. The molecule has 1 heteroatoms. The summed E-state index contributed by atoms with van der Waals surface area (Å²) in [6.07, 6.45) is 0. The maximum atomic E-state index is 2.62. The molecule has 0 N–H and O–H groups in total. The fourth-order valence-electron chi connectivity index (χ4n) is 11.4. The van der Waals surface area contributed by atoms with Gasteiger partial charge in [0.1, 0.15) is 0 Å². The first-order chi connectivity index (χ1) is 30.8. The molecule has 0 saturated heterocycles. The van der Waals surface area contributed by atoms with E-state index in [2.05, 4.69) is 245 Å². The van der Waals surface area contributed by atoms with Crippen LogP contribution in [0.1, 0.15) is 49.9 Å². The van der Waals surface area contributed by atoms with Crippen LogP contribution in [0.25, 0.3) is 77.2 Å². The summed E-state index contributed by atoms with van der Waals surface area (Å²) in [6, 6.07) is 79.1. The van der Waals surface area contributed by atoms with Crippen LogP contribution in [0.15, 0.2) is 212 Å². The monoisotopic (exact) mass is 805 g/mol. The zero-order valence-corrected chi connectivity index (χ0v) is 36.2. The first kappa shape index (κ1) is 37.3. The molecule has 0 heterocycles. The minimum absolute atomic E-state index is 0.240. The first-order valence-electron chi connectivity index (χ1n) is 22.3. The molecule has 0 radical (unpaired) electrons. The van der Waals surface area contributed by atoms with Crippen LogP contribution in [0.5, 0.6) is 0 Å². The van der Waals surface area contributed by atoms with Gasteiger partial charge in [-0.3, -0.25) is 0 Å². The summed E-state index contributed by atoms with van der Waals surface area (Å²) in [6.45, 7) is 9.72. The summed E-state index contributed by atoms with van der Waals surface area (Å²) in [5, 5.41) is 5.04. The van der Waals surface area contributed by atoms with Crippen LogP contribution in [-0.4, -0.2) is 0 Å². The van der Waals surface area contributed by atoms with Crippen LogP contribution >= 0.6 is 0 Å². The lowest BCUT2D eigenvalue weighted by atomic mass is 9.77. The Balaban J connectivity index is 1.22. The molecule has 0 aromatic heterocycles. The van der Waals surface area contributed by atoms with Gasteiger partial charge >= 0.3 is 0 Å². The molecular weight excluding hydrogens is 759 g/mol. The predicted molar refractivity (Wildman–Crippen MR) is 268 cm³/mol. The van der Waals surface area contributed by atoms with Crippen molar-refractivity contribution in [2.45, 2.75) is 38.5 Å². The van der Waals surface area contributed by atoms with Crippen LogP contribution < -0.4 is 4.90 Å². The van der Waals surface area contributed by atoms with Crippen LogP contribution in [0.4, 0.5) is 17.1 Å². The zero-order chi connectivity index (χ0) is 42.5. The quantitative estimate of drug-likeness (QED) is 0.162. The van der Waals surface area contributed by atoms with Gasteiger partial charge in [0, 0.05) is 22.0 Å². The molecule has 63 heavy (non-hydrogen) atoms. The van der Waals surface area contributed by atoms with E-state index in [-0.39, 0.29) is 10.8 Å². The molecule has 0 bridgehead atoms. The van der Waals surface area contributed by atoms with Gasteiger partial charge in [-0.2, -0.15) is 0 Å². The second-order valence-corrected chi connectivity index (χ2v) is 18.4. The van der Waals surface area contributed by atoms with Crippen molar-refractivity contribution in [3.63, 3.8) is 0 Å². The van der Waals surface area contributed by atoms with E-state index < -0.39 is 0 Å². The van der Waals surface area contributed by atoms with Gasteiger partial charge < -0.3 is 4.90 Å². The minimum Gasteiger partial charge on any atom is -0.309 e. The topological polar surface area (TPSA) is 3.24 Å². The number of benzene rings is 10. The fraction of sp³-hybridized carbons (Fsp3) is 0.0968. The molecule has 0 aliphatic heterocycles. The van der Waals surface area contributed by atoms with E-state index >= 15 is 0 Å². The number of fused-ring (bicyclic) bond motifs is 8. The van der Waals surface area contributed by atoms with E-state index in [1.807, 2.05) is 0 Å². The number of anilines is 3. The molecule has 300 valence electrons. The number of nitrogens with zero attached hydrogens (tertiary/aromatic N) is 1. The van der Waals surface area contributed by atoms with Crippen molar-refractivity contribution < 1.29 is 0 Å². The highest BCUT2D eigenvalue weighted by Gasteiger charge is 2.43. The van der Waals surface area contributed by atoms with Gasteiger partial charge in [-0.25, -0.2) is 0 Å². The normalized spacial score (nSPS) is 14.0. The number of para-hydroxylation sites is 1. The van der Waals surface area contributed by atoms with Crippen LogP contribution in [0.3, 0.4) is 0 Å². The Morgan fingerprint density at radius 3 is 1.56 bits per heavy atom. The van der Waals surface area contributed by atoms with Gasteiger partial charge in [-0.15, -0.1) is 0 Å². The van der Waals surface area contributed by atoms with Gasteiger partial charge in [-0.05, 0) is 119 Å². The van der Waals surface area contributed by atoms with E-state index in [0.717, 1.165) is 5.69 Å². The Morgan fingerprint density at radius 2 is 0.810 bits per heavy atom. The van der Waals surface area contributed by atoms with Crippen LogP contribution in [-0.2, 0) is 10.8 Å². The molecule has 10 aromatic rings. The van der Waals surface area contributed by atoms with Crippen LogP contribution in [0.2, 0.25) is 0 Å². The molecule has 0 unspecified atom stereocenters.